The van der Waals surface area contributed by atoms with E-state index in [1.165, 1.54) is 12.1 Å². The van der Waals surface area contributed by atoms with Crippen LogP contribution >= 0.6 is 0 Å². The predicted molar refractivity (Wildman–Crippen MR) is 71.8 cm³/mol. The number of aromatic nitrogens is 1. The zero-order valence-corrected chi connectivity index (χ0v) is 10.4. The van der Waals surface area contributed by atoms with Crippen molar-refractivity contribution in [3.8, 4) is 12.3 Å². The molecule has 0 saturated heterocycles. The third kappa shape index (κ3) is 2.83. The van der Waals surface area contributed by atoms with Gasteiger partial charge in [-0.3, -0.25) is 10.1 Å². The normalized spacial score (nSPS) is 12.0. The first kappa shape index (κ1) is 12.9. The monoisotopic (exact) mass is 259 g/mol. The van der Waals surface area contributed by atoms with Crippen LogP contribution < -0.4 is 5.32 Å². The van der Waals surface area contributed by atoms with Gasteiger partial charge in [0, 0.05) is 18.5 Å². The molecule has 0 bridgehead atoms. The lowest BCUT2D eigenvalue weighted by Crippen LogP contribution is -2.17. The van der Waals surface area contributed by atoms with E-state index in [2.05, 4.69) is 16.2 Å². The van der Waals surface area contributed by atoms with E-state index >= 15 is 0 Å². The number of hydrogen-bond donors (Lipinski definition) is 1. The highest BCUT2D eigenvalue weighted by Gasteiger charge is 2.13. The van der Waals surface area contributed by atoms with Gasteiger partial charge in [0.05, 0.1) is 11.0 Å². The van der Waals surface area contributed by atoms with E-state index in [9.17, 15) is 10.1 Å². The minimum Gasteiger partial charge on any atom is -0.423 e. The number of non-ortho nitro benzene ring substituents is 1. The Hall–Kier alpha value is -2.55. The Morgan fingerprint density at radius 1 is 1.63 bits per heavy atom. The zero-order chi connectivity index (χ0) is 13.8. The molecule has 0 fully saturated rings. The van der Waals surface area contributed by atoms with Crippen LogP contribution in [0.4, 0.5) is 11.7 Å². The second-order valence-electron chi connectivity index (χ2n) is 4.09. The molecular weight excluding hydrogens is 246 g/mol. The topological polar surface area (TPSA) is 81.2 Å². The average Bonchev–Trinajstić information content (AvgIpc) is 2.79. The van der Waals surface area contributed by atoms with Crippen molar-refractivity contribution in [1.29, 1.82) is 0 Å². The van der Waals surface area contributed by atoms with Gasteiger partial charge < -0.3 is 9.73 Å². The molecule has 19 heavy (non-hydrogen) atoms. The summed E-state index contributed by atoms with van der Waals surface area (Å²) in [6, 6.07) is 4.72. The van der Waals surface area contributed by atoms with Crippen molar-refractivity contribution in [3.05, 3.63) is 28.3 Å². The molecule has 0 spiro atoms. The van der Waals surface area contributed by atoms with Gasteiger partial charge in [0.15, 0.2) is 5.58 Å². The minimum atomic E-state index is -0.470. The molecule has 6 nitrogen and oxygen atoms in total. The predicted octanol–water partition coefficient (Wildman–Crippen LogP) is 2.95. The molecule has 98 valence electrons. The lowest BCUT2D eigenvalue weighted by Gasteiger charge is -2.11. The zero-order valence-electron chi connectivity index (χ0n) is 10.4. The Morgan fingerprint density at radius 2 is 2.42 bits per heavy atom. The van der Waals surface area contributed by atoms with Crippen molar-refractivity contribution in [1.82, 2.24) is 4.98 Å². The lowest BCUT2D eigenvalue weighted by molar-refractivity contribution is -0.384. The van der Waals surface area contributed by atoms with Crippen molar-refractivity contribution in [2.45, 2.75) is 25.8 Å². The Morgan fingerprint density at radius 3 is 3.05 bits per heavy atom. The molecular formula is C13H13N3O3. The van der Waals surface area contributed by atoms with Crippen LogP contribution in [0.15, 0.2) is 22.6 Å². The van der Waals surface area contributed by atoms with Crippen molar-refractivity contribution >= 4 is 22.8 Å². The second-order valence-corrected chi connectivity index (χ2v) is 4.09. The minimum absolute atomic E-state index is 0.0223. The number of benzene rings is 1. The number of oxazole rings is 1. The highest BCUT2D eigenvalue weighted by molar-refractivity contribution is 5.77. The summed E-state index contributed by atoms with van der Waals surface area (Å²) in [6.45, 7) is 2.00. The highest BCUT2D eigenvalue weighted by atomic mass is 16.6. The van der Waals surface area contributed by atoms with Crippen molar-refractivity contribution < 1.29 is 9.34 Å². The molecule has 6 heteroatoms. The summed E-state index contributed by atoms with van der Waals surface area (Å²) >= 11 is 0. The van der Waals surface area contributed by atoms with Gasteiger partial charge in [0.1, 0.15) is 5.52 Å². The lowest BCUT2D eigenvalue weighted by atomic mass is 10.2. The molecule has 2 aromatic rings. The summed E-state index contributed by atoms with van der Waals surface area (Å²) in [6.07, 6.45) is 6.67. The number of nitrogens with zero attached hydrogens (tertiary/aromatic N) is 2. The van der Waals surface area contributed by atoms with Crippen LogP contribution in [0.3, 0.4) is 0 Å². The van der Waals surface area contributed by atoms with Crippen LogP contribution in [0.1, 0.15) is 19.8 Å². The quantitative estimate of drug-likeness (QED) is 0.507. The van der Waals surface area contributed by atoms with Gasteiger partial charge >= 0.3 is 0 Å². The standard InChI is InChI=1S/C13H13N3O3/c1-3-5-9(4-2)14-13-15-11-7-6-10(16(17)18)8-12(11)19-13/h1,6-9H,4-5H2,2H3,(H,14,15). The van der Waals surface area contributed by atoms with Crippen LogP contribution in [0.5, 0.6) is 0 Å². The number of rotatable bonds is 5. The Labute approximate surface area is 110 Å². The van der Waals surface area contributed by atoms with Crippen LogP contribution in [0, 0.1) is 22.5 Å². The van der Waals surface area contributed by atoms with Crippen LogP contribution in [0.2, 0.25) is 0 Å². The average molecular weight is 259 g/mol. The van der Waals surface area contributed by atoms with E-state index in [4.69, 9.17) is 10.8 Å². The fourth-order valence-electron chi connectivity index (χ4n) is 1.70. The Kier molecular flexibility index (Phi) is 3.66. The van der Waals surface area contributed by atoms with Gasteiger partial charge in [-0.15, -0.1) is 12.3 Å². The SMILES string of the molecule is C#CCC(CC)Nc1nc2ccc([N+](=O)[O-])cc2o1. The summed E-state index contributed by atoms with van der Waals surface area (Å²) in [5.41, 5.74) is 0.932. The van der Waals surface area contributed by atoms with Crippen LogP contribution in [-0.2, 0) is 0 Å². The van der Waals surface area contributed by atoms with E-state index in [0.29, 0.717) is 23.5 Å². The van der Waals surface area contributed by atoms with Gasteiger partial charge in [0.2, 0.25) is 0 Å². The summed E-state index contributed by atoms with van der Waals surface area (Å²) < 4.78 is 5.44. The van der Waals surface area contributed by atoms with Gasteiger partial charge in [0.25, 0.3) is 11.7 Å². The van der Waals surface area contributed by atoms with E-state index in [-0.39, 0.29) is 11.7 Å². The maximum absolute atomic E-state index is 10.7. The number of nitro groups is 1. The molecule has 2 rings (SSSR count). The number of hydrogen-bond acceptors (Lipinski definition) is 5. The smallest absolute Gasteiger partial charge is 0.295 e. The molecule has 0 radical (unpaired) electrons. The molecule has 1 aromatic carbocycles. The fourth-order valence-corrected chi connectivity index (χ4v) is 1.70. The summed E-state index contributed by atoms with van der Waals surface area (Å²) in [4.78, 5) is 14.4. The third-order valence-electron chi connectivity index (χ3n) is 2.77. The van der Waals surface area contributed by atoms with E-state index in [1.807, 2.05) is 6.92 Å². The van der Waals surface area contributed by atoms with Crippen LogP contribution in [-0.4, -0.2) is 15.9 Å². The number of terminal acetylenes is 1. The first-order valence-electron chi connectivity index (χ1n) is 5.89. The second kappa shape index (κ2) is 5.40. The molecule has 0 saturated carbocycles. The maximum Gasteiger partial charge on any atom is 0.295 e. The molecule has 0 amide bonds. The molecule has 1 unspecified atom stereocenters. The van der Waals surface area contributed by atoms with Gasteiger partial charge in [-0.1, -0.05) is 6.92 Å². The fraction of sp³-hybridized carbons (Fsp3) is 0.308. The maximum atomic E-state index is 10.7. The van der Waals surface area contributed by atoms with Gasteiger partial charge in [-0.2, -0.15) is 4.98 Å². The number of nitrogens with one attached hydrogen (secondary N) is 1. The van der Waals surface area contributed by atoms with E-state index < -0.39 is 4.92 Å². The summed E-state index contributed by atoms with van der Waals surface area (Å²) in [5, 5.41) is 13.7. The van der Waals surface area contributed by atoms with Crippen molar-refractivity contribution in [2.24, 2.45) is 0 Å². The molecule has 0 aliphatic rings. The number of fused-ring (bicyclic) bond motifs is 1. The van der Waals surface area contributed by atoms with Crippen molar-refractivity contribution in [3.63, 3.8) is 0 Å². The first-order valence-corrected chi connectivity index (χ1v) is 5.89. The molecule has 1 heterocycles. The highest BCUT2D eigenvalue weighted by Crippen LogP contribution is 2.24. The molecule has 0 aliphatic carbocycles. The van der Waals surface area contributed by atoms with Crippen molar-refractivity contribution in [2.75, 3.05) is 5.32 Å². The molecule has 1 atom stereocenters. The first-order chi connectivity index (χ1) is 9.13. The molecule has 1 N–H and O–H groups in total. The van der Waals surface area contributed by atoms with Gasteiger partial charge in [-0.05, 0) is 12.5 Å². The number of anilines is 1. The summed E-state index contributed by atoms with van der Waals surface area (Å²) in [7, 11) is 0. The van der Waals surface area contributed by atoms with E-state index in [1.54, 1.807) is 6.07 Å². The molecule has 1 aromatic heterocycles. The third-order valence-corrected chi connectivity index (χ3v) is 2.77. The largest absolute Gasteiger partial charge is 0.423 e. The Bertz CT molecular complexity index is 642. The number of nitro benzene ring substituents is 1. The summed E-state index contributed by atoms with van der Waals surface area (Å²) in [5.74, 6) is 2.58. The molecule has 0 aliphatic heterocycles. The van der Waals surface area contributed by atoms with Gasteiger partial charge in [-0.25, -0.2) is 0 Å². The van der Waals surface area contributed by atoms with Crippen LogP contribution in [0.25, 0.3) is 11.1 Å². The Balaban J connectivity index is 2.26. The van der Waals surface area contributed by atoms with E-state index in [0.717, 1.165) is 6.42 Å².